The highest BCUT2D eigenvalue weighted by Crippen LogP contribution is 2.22. The van der Waals surface area contributed by atoms with Gasteiger partial charge >= 0.3 is 5.97 Å². The van der Waals surface area contributed by atoms with Gasteiger partial charge in [-0.05, 0) is 37.3 Å². The van der Waals surface area contributed by atoms with Crippen LogP contribution in [0.5, 0.6) is 0 Å². The molecule has 27 heavy (non-hydrogen) atoms. The molecule has 0 aliphatic carbocycles. The van der Waals surface area contributed by atoms with Crippen molar-refractivity contribution >= 4 is 21.9 Å². The first-order valence-electron chi connectivity index (χ1n) is 9.39. The smallest absolute Gasteiger partial charge is 0.309 e. The van der Waals surface area contributed by atoms with Gasteiger partial charge in [0.05, 0.1) is 11.7 Å². The lowest BCUT2D eigenvalue weighted by Gasteiger charge is -2.30. The van der Waals surface area contributed by atoms with Crippen LogP contribution in [-0.4, -0.2) is 61.5 Å². The molecule has 7 nitrogen and oxygen atoms in total. The molecule has 0 aromatic heterocycles. The van der Waals surface area contributed by atoms with Crippen molar-refractivity contribution in [3.63, 3.8) is 0 Å². The Bertz CT molecular complexity index is 800. The van der Waals surface area contributed by atoms with Crippen LogP contribution in [0.25, 0.3) is 0 Å². The number of hydrogen-bond donors (Lipinski definition) is 0. The van der Waals surface area contributed by atoms with E-state index in [1.54, 1.807) is 11.8 Å². The molecule has 1 saturated heterocycles. The predicted octanol–water partition coefficient (Wildman–Crippen LogP) is 1.18. The average Bonchev–Trinajstić information content (AvgIpc) is 2.71. The Balaban J connectivity index is 1.45. The van der Waals surface area contributed by atoms with Gasteiger partial charge in [-0.1, -0.05) is 24.3 Å². The molecule has 0 N–H and O–H groups in total. The fourth-order valence-corrected chi connectivity index (χ4v) is 4.74. The number of amides is 1. The molecule has 2 aliphatic rings. The largest absolute Gasteiger partial charge is 0.455 e. The first-order chi connectivity index (χ1) is 12.9. The molecule has 0 atom stereocenters. The standard InChI is InChI=1S/C19H26N2O5S/c1-2-27(24,25)21-11-8-16(9-12-21)19(23)26-14-18(22)20-10-7-15-5-3-4-6-17(15)13-20/h3-6,16H,2,7-14H2,1H3. The van der Waals surface area contributed by atoms with Crippen LogP contribution in [-0.2, 0) is 37.3 Å². The fourth-order valence-electron chi connectivity index (χ4n) is 3.60. The molecule has 1 aromatic rings. The number of esters is 1. The van der Waals surface area contributed by atoms with E-state index < -0.39 is 16.0 Å². The van der Waals surface area contributed by atoms with Crippen LogP contribution < -0.4 is 0 Å². The van der Waals surface area contributed by atoms with E-state index in [4.69, 9.17) is 4.74 Å². The lowest BCUT2D eigenvalue weighted by Crippen LogP contribution is -2.42. The van der Waals surface area contributed by atoms with Gasteiger partial charge in [-0.15, -0.1) is 0 Å². The van der Waals surface area contributed by atoms with E-state index in [1.165, 1.54) is 9.87 Å². The maximum Gasteiger partial charge on any atom is 0.309 e. The van der Waals surface area contributed by atoms with Gasteiger partial charge in [-0.25, -0.2) is 12.7 Å². The third kappa shape index (κ3) is 4.68. The first kappa shape index (κ1) is 19.8. The van der Waals surface area contributed by atoms with Gasteiger partial charge in [0.25, 0.3) is 5.91 Å². The first-order valence-corrected chi connectivity index (χ1v) is 11.0. The van der Waals surface area contributed by atoms with Gasteiger partial charge in [-0.3, -0.25) is 9.59 Å². The highest BCUT2D eigenvalue weighted by atomic mass is 32.2. The van der Waals surface area contributed by atoms with Crippen molar-refractivity contribution in [1.29, 1.82) is 0 Å². The summed E-state index contributed by atoms with van der Waals surface area (Å²) in [6, 6.07) is 8.04. The summed E-state index contributed by atoms with van der Waals surface area (Å²) in [5.74, 6) is -0.878. The monoisotopic (exact) mass is 394 g/mol. The van der Waals surface area contributed by atoms with Gasteiger partial charge in [0.2, 0.25) is 10.0 Å². The molecule has 0 bridgehead atoms. The van der Waals surface area contributed by atoms with E-state index in [0.29, 0.717) is 39.0 Å². The second kappa shape index (κ2) is 8.39. The maximum absolute atomic E-state index is 12.4. The van der Waals surface area contributed by atoms with Crippen molar-refractivity contribution in [1.82, 2.24) is 9.21 Å². The number of nitrogens with zero attached hydrogens (tertiary/aromatic N) is 2. The summed E-state index contributed by atoms with van der Waals surface area (Å²) in [6.07, 6.45) is 1.67. The van der Waals surface area contributed by atoms with Crippen LogP contribution in [0, 0.1) is 5.92 Å². The minimum Gasteiger partial charge on any atom is -0.455 e. The number of rotatable bonds is 5. The fraction of sp³-hybridized carbons (Fsp3) is 0.579. The Labute approximate surface area is 160 Å². The molecule has 148 valence electrons. The second-order valence-corrected chi connectivity index (χ2v) is 9.27. The van der Waals surface area contributed by atoms with E-state index in [2.05, 4.69) is 6.07 Å². The van der Waals surface area contributed by atoms with Gasteiger partial charge < -0.3 is 9.64 Å². The Morgan fingerprint density at radius 1 is 1.11 bits per heavy atom. The number of benzene rings is 1. The third-order valence-electron chi connectivity index (χ3n) is 5.37. The molecule has 0 saturated carbocycles. The average molecular weight is 394 g/mol. The quantitative estimate of drug-likeness (QED) is 0.700. The van der Waals surface area contributed by atoms with E-state index in [1.807, 2.05) is 18.2 Å². The molecule has 1 aromatic carbocycles. The summed E-state index contributed by atoms with van der Waals surface area (Å²) < 4.78 is 30.4. The topological polar surface area (TPSA) is 84.0 Å². The van der Waals surface area contributed by atoms with Crippen LogP contribution in [0.2, 0.25) is 0 Å². The van der Waals surface area contributed by atoms with Crippen molar-refractivity contribution in [3.05, 3.63) is 35.4 Å². The summed E-state index contributed by atoms with van der Waals surface area (Å²) in [5.41, 5.74) is 2.39. The summed E-state index contributed by atoms with van der Waals surface area (Å²) in [7, 11) is -3.21. The zero-order valence-corrected chi connectivity index (χ0v) is 16.4. The lowest BCUT2D eigenvalue weighted by atomic mass is 9.98. The molecule has 0 spiro atoms. The zero-order valence-electron chi connectivity index (χ0n) is 15.6. The molecule has 3 rings (SSSR count). The van der Waals surface area contributed by atoms with Crippen molar-refractivity contribution in [2.45, 2.75) is 32.7 Å². The molecular formula is C19H26N2O5S. The highest BCUT2D eigenvalue weighted by Gasteiger charge is 2.31. The Morgan fingerprint density at radius 3 is 2.44 bits per heavy atom. The minimum atomic E-state index is -3.21. The Morgan fingerprint density at radius 2 is 1.78 bits per heavy atom. The number of piperidine rings is 1. The van der Waals surface area contributed by atoms with Crippen molar-refractivity contribution in [3.8, 4) is 0 Å². The van der Waals surface area contributed by atoms with Crippen molar-refractivity contribution in [2.24, 2.45) is 5.92 Å². The highest BCUT2D eigenvalue weighted by molar-refractivity contribution is 7.89. The molecule has 0 unspecified atom stereocenters. The summed E-state index contributed by atoms with van der Waals surface area (Å²) in [4.78, 5) is 26.3. The zero-order chi connectivity index (χ0) is 19.4. The van der Waals surface area contributed by atoms with Crippen LogP contribution in [0.1, 0.15) is 30.9 Å². The molecule has 0 radical (unpaired) electrons. The summed E-state index contributed by atoms with van der Waals surface area (Å²) >= 11 is 0. The predicted molar refractivity (Wildman–Crippen MR) is 100 cm³/mol. The molecule has 8 heteroatoms. The minimum absolute atomic E-state index is 0.0651. The van der Waals surface area contributed by atoms with E-state index in [9.17, 15) is 18.0 Å². The van der Waals surface area contributed by atoms with Gasteiger partial charge in [-0.2, -0.15) is 0 Å². The SMILES string of the molecule is CCS(=O)(=O)N1CCC(C(=O)OCC(=O)N2CCc3ccccc3C2)CC1. The maximum atomic E-state index is 12.4. The number of ether oxygens (including phenoxy) is 1. The molecular weight excluding hydrogens is 368 g/mol. The van der Waals surface area contributed by atoms with Gasteiger partial charge in [0.1, 0.15) is 0 Å². The summed E-state index contributed by atoms with van der Waals surface area (Å²) in [6.45, 7) is 3.18. The number of sulfonamides is 1. The lowest BCUT2D eigenvalue weighted by molar-refractivity contribution is -0.156. The number of hydrogen-bond acceptors (Lipinski definition) is 5. The van der Waals surface area contributed by atoms with Crippen LogP contribution in [0.15, 0.2) is 24.3 Å². The molecule has 1 amide bonds. The Kier molecular flexibility index (Phi) is 6.16. The third-order valence-corrected chi connectivity index (χ3v) is 7.25. The van der Waals surface area contributed by atoms with E-state index >= 15 is 0 Å². The molecule has 1 fully saturated rings. The number of carbonyl (C=O) groups excluding carboxylic acids is 2. The number of carbonyl (C=O) groups is 2. The van der Waals surface area contributed by atoms with Crippen LogP contribution >= 0.6 is 0 Å². The second-order valence-electron chi connectivity index (χ2n) is 7.02. The normalized spacial score (nSPS) is 18.8. The van der Waals surface area contributed by atoms with Gasteiger partial charge in [0.15, 0.2) is 6.61 Å². The molecule has 2 heterocycles. The Hall–Kier alpha value is -1.93. The number of fused-ring (bicyclic) bond motifs is 1. The van der Waals surface area contributed by atoms with Gasteiger partial charge in [0, 0.05) is 26.2 Å². The van der Waals surface area contributed by atoms with E-state index in [-0.39, 0.29) is 24.2 Å². The van der Waals surface area contributed by atoms with Crippen molar-refractivity contribution in [2.75, 3.05) is 32.0 Å². The summed E-state index contributed by atoms with van der Waals surface area (Å²) in [5, 5.41) is 0. The van der Waals surface area contributed by atoms with E-state index in [0.717, 1.165) is 12.0 Å². The van der Waals surface area contributed by atoms with Crippen molar-refractivity contribution < 1.29 is 22.7 Å². The van der Waals surface area contributed by atoms with Crippen LogP contribution in [0.4, 0.5) is 0 Å². The molecule has 2 aliphatic heterocycles. The van der Waals surface area contributed by atoms with Crippen LogP contribution in [0.3, 0.4) is 0 Å².